The van der Waals surface area contributed by atoms with Gasteiger partial charge in [0.05, 0.1) is 4.90 Å². The molecule has 0 radical (unpaired) electrons. The molecule has 0 N–H and O–H groups in total. The molecule has 1 aliphatic rings. The summed E-state index contributed by atoms with van der Waals surface area (Å²) < 4.78 is 27.0. The maximum absolute atomic E-state index is 12.8. The number of hydrogen-bond acceptors (Lipinski definition) is 2. The van der Waals surface area contributed by atoms with Gasteiger partial charge in [-0.15, -0.1) is 0 Å². The maximum atomic E-state index is 12.8. The molecule has 0 spiro atoms. The lowest BCUT2D eigenvalue weighted by Gasteiger charge is -2.19. The Hall–Kier alpha value is -1.78. The summed E-state index contributed by atoms with van der Waals surface area (Å²) in [5.74, 6) is 0.0625. The quantitative estimate of drug-likeness (QED) is 0.828. The summed E-state index contributed by atoms with van der Waals surface area (Å²) in [5.41, 5.74) is 3.14. The molecule has 0 aliphatic carbocycles. The fraction of sp³-hybridized carbons (Fsp3) is 0.222. The Morgan fingerprint density at radius 1 is 1.00 bits per heavy atom. The Morgan fingerprint density at radius 3 is 2.22 bits per heavy atom. The maximum Gasteiger partial charge on any atom is 0.263 e. The van der Waals surface area contributed by atoms with Gasteiger partial charge >= 0.3 is 0 Å². The molecule has 0 amide bonds. The molecular formula is C18H18ClNO2S. The van der Waals surface area contributed by atoms with Crippen molar-refractivity contribution in [2.75, 3.05) is 6.54 Å². The summed E-state index contributed by atoms with van der Waals surface area (Å²) in [6.45, 7) is 4.32. The summed E-state index contributed by atoms with van der Waals surface area (Å²) in [5, 5.41) is 0.678. The van der Waals surface area contributed by atoms with E-state index in [0.717, 1.165) is 16.7 Å². The zero-order valence-electron chi connectivity index (χ0n) is 13.0. The number of benzene rings is 2. The number of halogens is 1. The largest absolute Gasteiger partial charge is 0.272 e. The van der Waals surface area contributed by atoms with Crippen molar-refractivity contribution in [1.29, 1.82) is 0 Å². The minimum absolute atomic E-state index is 0.0625. The van der Waals surface area contributed by atoms with Crippen LogP contribution in [-0.4, -0.2) is 19.3 Å². The van der Waals surface area contributed by atoms with Gasteiger partial charge in [-0.25, -0.2) is 8.42 Å². The molecule has 0 saturated carbocycles. The zero-order chi connectivity index (χ0) is 16.6. The molecular weight excluding hydrogens is 330 g/mol. The van der Waals surface area contributed by atoms with Crippen LogP contribution in [0.5, 0.6) is 0 Å². The number of sulfonamides is 1. The normalized spacial score (nSPS) is 18.1. The minimum atomic E-state index is -3.51. The van der Waals surface area contributed by atoms with Crippen LogP contribution in [0.1, 0.15) is 24.0 Å². The van der Waals surface area contributed by atoms with E-state index >= 15 is 0 Å². The van der Waals surface area contributed by atoms with Crippen molar-refractivity contribution in [3.05, 3.63) is 76.5 Å². The van der Waals surface area contributed by atoms with E-state index in [1.807, 2.05) is 50.2 Å². The summed E-state index contributed by atoms with van der Waals surface area (Å²) >= 11 is 5.93. The van der Waals surface area contributed by atoms with Crippen molar-refractivity contribution < 1.29 is 8.42 Å². The summed E-state index contributed by atoms with van der Waals surface area (Å²) in [6, 6.07) is 14.5. The van der Waals surface area contributed by atoms with Crippen LogP contribution < -0.4 is 0 Å². The summed E-state index contributed by atoms with van der Waals surface area (Å²) in [4.78, 5) is 0.323. The average molecular weight is 348 g/mol. The van der Waals surface area contributed by atoms with Gasteiger partial charge in [0.2, 0.25) is 0 Å². The fourth-order valence-electron chi connectivity index (χ4n) is 2.77. The molecule has 2 aromatic rings. The second-order valence-electron chi connectivity index (χ2n) is 5.87. The van der Waals surface area contributed by atoms with E-state index in [0.29, 0.717) is 16.5 Å². The van der Waals surface area contributed by atoms with Crippen LogP contribution >= 0.6 is 11.6 Å². The van der Waals surface area contributed by atoms with E-state index in [4.69, 9.17) is 11.6 Å². The summed E-state index contributed by atoms with van der Waals surface area (Å²) in [6.07, 6.45) is 1.73. The third kappa shape index (κ3) is 3.14. The van der Waals surface area contributed by atoms with E-state index in [-0.39, 0.29) is 5.92 Å². The van der Waals surface area contributed by atoms with Gasteiger partial charge in [0.25, 0.3) is 10.0 Å². The third-order valence-corrected chi connectivity index (χ3v) is 6.15. The van der Waals surface area contributed by atoms with Gasteiger partial charge in [0, 0.05) is 23.7 Å². The Kier molecular flexibility index (Phi) is 4.21. The van der Waals surface area contributed by atoms with Crippen LogP contribution in [0.15, 0.2) is 65.2 Å². The highest BCUT2D eigenvalue weighted by Crippen LogP contribution is 2.34. The van der Waals surface area contributed by atoms with Crippen LogP contribution in [0.2, 0.25) is 5.02 Å². The van der Waals surface area contributed by atoms with Crippen LogP contribution in [0, 0.1) is 6.92 Å². The zero-order valence-corrected chi connectivity index (χ0v) is 14.6. The molecule has 3 rings (SSSR count). The topological polar surface area (TPSA) is 37.4 Å². The Bertz CT molecular complexity index is 840. The highest BCUT2D eigenvalue weighted by atomic mass is 35.5. The molecule has 0 aromatic heterocycles. The van der Waals surface area contributed by atoms with E-state index in [9.17, 15) is 8.42 Å². The van der Waals surface area contributed by atoms with Crippen molar-refractivity contribution in [2.45, 2.75) is 24.7 Å². The lowest BCUT2D eigenvalue weighted by molar-refractivity contribution is 0.506. The summed E-state index contributed by atoms with van der Waals surface area (Å²) in [7, 11) is -3.51. The number of rotatable bonds is 3. The SMILES string of the molecule is CC1=CN(S(=O)(=O)c2ccc(C)cc2)CC1c1ccc(Cl)cc1. The second kappa shape index (κ2) is 6.02. The molecule has 120 valence electrons. The average Bonchev–Trinajstić information content (AvgIpc) is 2.91. The van der Waals surface area contributed by atoms with Crippen molar-refractivity contribution in [3.63, 3.8) is 0 Å². The first-order valence-corrected chi connectivity index (χ1v) is 9.22. The molecule has 1 heterocycles. The molecule has 1 atom stereocenters. The fourth-order valence-corrected chi connectivity index (χ4v) is 4.30. The molecule has 2 aromatic carbocycles. The number of hydrogen-bond donors (Lipinski definition) is 0. The Balaban J connectivity index is 1.88. The van der Waals surface area contributed by atoms with Gasteiger partial charge in [-0.3, -0.25) is 4.31 Å². The van der Waals surface area contributed by atoms with Gasteiger partial charge in [0.15, 0.2) is 0 Å². The molecule has 0 fully saturated rings. The van der Waals surface area contributed by atoms with Gasteiger partial charge in [-0.05, 0) is 49.2 Å². The standard InChI is InChI=1S/C18H18ClNO2S/c1-13-3-9-17(10-4-13)23(21,22)20-11-14(2)18(12-20)15-5-7-16(19)8-6-15/h3-11,18H,12H2,1-2H3. The van der Waals surface area contributed by atoms with E-state index in [1.54, 1.807) is 18.3 Å². The van der Waals surface area contributed by atoms with Crippen molar-refractivity contribution in [3.8, 4) is 0 Å². The van der Waals surface area contributed by atoms with Crippen molar-refractivity contribution >= 4 is 21.6 Å². The van der Waals surface area contributed by atoms with Crippen LogP contribution in [0.3, 0.4) is 0 Å². The molecule has 0 saturated heterocycles. The van der Waals surface area contributed by atoms with E-state index in [2.05, 4.69) is 0 Å². The van der Waals surface area contributed by atoms with Crippen molar-refractivity contribution in [1.82, 2.24) is 4.31 Å². The van der Waals surface area contributed by atoms with Gasteiger partial charge < -0.3 is 0 Å². The Labute approximate surface area is 142 Å². The lowest BCUT2D eigenvalue weighted by Crippen LogP contribution is -2.26. The Morgan fingerprint density at radius 2 is 1.61 bits per heavy atom. The first-order chi connectivity index (χ1) is 10.9. The van der Waals surface area contributed by atoms with Gasteiger partial charge in [-0.2, -0.15) is 0 Å². The monoisotopic (exact) mass is 347 g/mol. The minimum Gasteiger partial charge on any atom is -0.272 e. The first-order valence-electron chi connectivity index (χ1n) is 7.40. The smallest absolute Gasteiger partial charge is 0.263 e. The van der Waals surface area contributed by atoms with Crippen LogP contribution in [0.4, 0.5) is 0 Å². The van der Waals surface area contributed by atoms with E-state index in [1.165, 1.54) is 4.31 Å². The first kappa shape index (κ1) is 16.1. The lowest BCUT2D eigenvalue weighted by atomic mass is 9.95. The molecule has 0 bridgehead atoms. The predicted octanol–water partition coefficient (Wildman–Crippen LogP) is 4.34. The highest BCUT2D eigenvalue weighted by Gasteiger charge is 2.31. The predicted molar refractivity (Wildman–Crippen MR) is 93.0 cm³/mol. The van der Waals surface area contributed by atoms with Crippen LogP contribution in [-0.2, 0) is 10.0 Å². The number of nitrogens with zero attached hydrogens (tertiary/aromatic N) is 1. The van der Waals surface area contributed by atoms with Crippen molar-refractivity contribution in [2.24, 2.45) is 0 Å². The highest BCUT2D eigenvalue weighted by molar-refractivity contribution is 7.89. The van der Waals surface area contributed by atoms with E-state index < -0.39 is 10.0 Å². The molecule has 3 nitrogen and oxygen atoms in total. The van der Waals surface area contributed by atoms with Gasteiger partial charge in [-0.1, -0.05) is 41.4 Å². The third-order valence-electron chi connectivity index (χ3n) is 4.16. The molecule has 1 unspecified atom stereocenters. The molecule has 5 heteroatoms. The number of aryl methyl sites for hydroxylation is 1. The molecule has 23 heavy (non-hydrogen) atoms. The second-order valence-corrected chi connectivity index (χ2v) is 8.19. The van der Waals surface area contributed by atoms with Gasteiger partial charge in [0.1, 0.15) is 0 Å². The van der Waals surface area contributed by atoms with Crippen LogP contribution in [0.25, 0.3) is 0 Å². The molecule has 1 aliphatic heterocycles.